The number of benzene rings is 1. The molecule has 0 aromatic heterocycles. The summed E-state index contributed by atoms with van der Waals surface area (Å²) < 4.78 is 37.9. The number of halogens is 3. The Balaban J connectivity index is 2.28. The number of thioether (sulfide) groups is 1. The number of rotatable bonds is 7. The second kappa shape index (κ2) is 8.19. The van der Waals surface area contributed by atoms with Crippen molar-refractivity contribution in [3.63, 3.8) is 0 Å². The molecule has 18 heavy (non-hydrogen) atoms. The summed E-state index contributed by atoms with van der Waals surface area (Å²) in [6.45, 7) is -0.863. The van der Waals surface area contributed by atoms with Crippen molar-refractivity contribution < 1.29 is 18.0 Å². The molecule has 0 saturated carbocycles. The molecule has 100 valence electrons. The van der Waals surface area contributed by atoms with E-state index >= 15 is 0 Å². The summed E-state index contributed by atoms with van der Waals surface area (Å²) in [5, 5.41) is -0.163. The van der Waals surface area contributed by atoms with Gasteiger partial charge in [0.25, 0.3) is 0 Å². The molecule has 1 rings (SSSR count). The topological polar surface area (TPSA) is 17.1 Å². The third kappa shape index (κ3) is 5.12. The van der Waals surface area contributed by atoms with Crippen LogP contribution in [-0.2, 0) is 0 Å². The van der Waals surface area contributed by atoms with Crippen molar-refractivity contribution >= 4 is 16.9 Å². The van der Waals surface area contributed by atoms with Gasteiger partial charge in [-0.15, -0.1) is 0 Å². The molecule has 0 fully saturated rings. The fraction of sp³-hybridized carbons (Fsp3) is 0.462. The van der Waals surface area contributed by atoms with E-state index in [1.54, 1.807) is 30.3 Å². The van der Waals surface area contributed by atoms with Crippen LogP contribution < -0.4 is 0 Å². The molecular weight excluding hydrogens is 261 g/mol. The van der Waals surface area contributed by atoms with E-state index in [1.165, 1.54) is 0 Å². The van der Waals surface area contributed by atoms with Crippen molar-refractivity contribution in [1.82, 2.24) is 0 Å². The van der Waals surface area contributed by atoms with Crippen LogP contribution >= 0.6 is 11.8 Å². The van der Waals surface area contributed by atoms with Gasteiger partial charge in [-0.1, -0.05) is 42.1 Å². The number of carbonyl (C=O) groups excluding carboxylic acids is 1. The molecule has 0 saturated heterocycles. The van der Waals surface area contributed by atoms with Gasteiger partial charge in [-0.05, 0) is 6.42 Å². The summed E-state index contributed by atoms with van der Waals surface area (Å²) in [4.78, 5) is 11.6. The van der Waals surface area contributed by atoms with Gasteiger partial charge < -0.3 is 0 Å². The Labute approximate surface area is 109 Å². The molecule has 0 bridgehead atoms. The fourth-order valence-electron chi connectivity index (χ4n) is 1.39. The highest BCUT2D eigenvalue weighted by atomic mass is 32.2. The van der Waals surface area contributed by atoms with E-state index in [1.807, 2.05) is 0 Å². The van der Waals surface area contributed by atoms with E-state index in [2.05, 4.69) is 0 Å². The first-order valence-corrected chi connectivity index (χ1v) is 6.70. The van der Waals surface area contributed by atoms with Crippen LogP contribution in [0.2, 0.25) is 0 Å². The number of alkyl halides is 3. The molecule has 0 spiro atoms. The maximum atomic E-state index is 13.2. The molecule has 2 unspecified atom stereocenters. The van der Waals surface area contributed by atoms with Crippen molar-refractivity contribution in [2.24, 2.45) is 0 Å². The summed E-state index contributed by atoms with van der Waals surface area (Å²) in [6.07, 6.45) is -3.97. The third-order valence-electron chi connectivity index (χ3n) is 2.41. The Hall–Kier alpha value is -0.970. The Morgan fingerprint density at radius 1 is 1.11 bits per heavy atom. The van der Waals surface area contributed by atoms with Gasteiger partial charge in [0.2, 0.25) is 5.12 Å². The van der Waals surface area contributed by atoms with E-state index in [-0.39, 0.29) is 17.3 Å². The summed E-state index contributed by atoms with van der Waals surface area (Å²) in [6, 6.07) is 8.62. The van der Waals surface area contributed by atoms with Crippen LogP contribution in [0, 0.1) is 0 Å². The molecule has 5 heteroatoms. The molecule has 0 radical (unpaired) electrons. The lowest BCUT2D eigenvalue weighted by atomic mass is 10.1. The number of hydrogen-bond acceptors (Lipinski definition) is 2. The van der Waals surface area contributed by atoms with Crippen molar-refractivity contribution in [3.05, 3.63) is 35.9 Å². The van der Waals surface area contributed by atoms with E-state index in [4.69, 9.17) is 0 Å². The van der Waals surface area contributed by atoms with Crippen molar-refractivity contribution in [3.8, 4) is 0 Å². The van der Waals surface area contributed by atoms with Crippen molar-refractivity contribution in [2.75, 3.05) is 12.4 Å². The van der Waals surface area contributed by atoms with Crippen molar-refractivity contribution in [1.29, 1.82) is 0 Å². The first kappa shape index (κ1) is 15.1. The second-order valence-electron chi connectivity index (χ2n) is 3.80. The Morgan fingerprint density at radius 3 is 2.33 bits per heavy atom. The van der Waals surface area contributed by atoms with E-state index in [0.717, 1.165) is 11.8 Å². The summed E-state index contributed by atoms with van der Waals surface area (Å²) >= 11 is 0.954. The highest BCUT2D eigenvalue weighted by Gasteiger charge is 2.20. The van der Waals surface area contributed by atoms with Gasteiger partial charge >= 0.3 is 0 Å². The molecule has 1 aromatic rings. The predicted molar refractivity (Wildman–Crippen MR) is 68.2 cm³/mol. The molecule has 0 aliphatic carbocycles. The zero-order valence-electron chi connectivity index (χ0n) is 9.82. The average Bonchev–Trinajstić information content (AvgIpc) is 2.39. The van der Waals surface area contributed by atoms with Gasteiger partial charge in [-0.3, -0.25) is 9.18 Å². The Bertz CT molecular complexity index is 359. The van der Waals surface area contributed by atoms with Gasteiger partial charge in [0.15, 0.2) is 0 Å². The first-order chi connectivity index (χ1) is 8.65. The summed E-state index contributed by atoms with van der Waals surface area (Å²) in [7, 11) is 0. The lowest BCUT2D eigenvalue weighted by molar-refractivity contribution is 0.108. The quantitative estimate of drug-likeness (QED) is 0.749. The normalized spacial score (nSPS) is 14.2. The van der Waals surface area contributed by atoms with Crippen LogP contribution in [0.5, 0.6) is 0 Å². The molecule has 0 aliphatic rings. The average molecular weight is 276 g/mol. The number of hydrogen-bond donors (Lipinski definition) is 0. The molecule has 2 atom stereocenters. The molecule has 0 aliphatic heterocycles. The van der Waals surface area contributed by atoms with Gasteiger partial charge in [0.1, 0.15) is 12.3 Å². The highest BCUT2D eigenvalue weighted by Crippen LogP contribution is 2.18. The molecule has 0 heterocycles. The van der Waals surface area contributed by atoms with Crippen LogP contribution in [0.1, 0.15) is 23.2 Å². The number of carbonyl (C=O) groups is 1. The van der Waals surface area contributed by atoms with Crippen LogP contribution in [-0.4, -0.2) is 29.9 Å². The molecule has 0 amide bonds. The maximum Gasteiger partial charge on any atom is 0.219 e. The smallest absolute Gasteiger partial charge is 0.219 e. The van der Waals surface area contributed by atoms with E-state index < -0.39 is 25.4 Å². The summed E-state index contributed by atoms with van der Waals surface area (Å²) in [5.74, 6) is 0.196. The Morgan fingerprint density at radius 2 is 1.72 bits per heavy atom. The molecule has 1 aromatic carbocycles. The SMILES string of the molecule is O=C(SCCC(F)C(F)CCF)c1ccccc1. The monoisotopic (exact) mass is 276 g/mol. The maximum absolute atomic E-state index is 13.2. The standard InChI is InChI=1S/C13H15F3OS/c14-8-6-11(15)12(16)7-9-18-13(17)10-4-2-1-3-5-10/h1-5,11-12H,6-9H2. The van der Waals surface area contributed by atoms with Crippen LogP contribution in [0.15, 0.2) is 30.3 Å². The minimum absolute atomic E-state index is 0.0790. The highest BCUT2D eigenvalue weighted by molar-refractivity contribution is 8.14. The first-order valence-electron chi connectivity index (χ1n) is 5.71. The third-order valence-corrected chi connectivity index (χ3v) is 3.35. The molecule has 0 N–H and O–H groups in total. The second-order valence-corrected chi connectivity index (χ2v) is 4.87. The molecular formula is C13H15F3OS. The van der Waals surface area contributed by atoms with Crippen LogP contribution in [0.25, 0.3) is 0 Å². The molecule has 1 nitrogen and oxygen atoms in total. The van der Waals surface area contributed by atoms with Gasteiger partial charge in [-0.2, -0.15) is 0 Å². The minimum atomic E-state index is -1.78. The minimum Gasteiger partial charge on any atom is -0.282 e. The zero-order valence-corrected chi connectivity index (χ0v) is 10.6. The van der Waals surface area contributed by atoms with Crippen LogP contribution in [0.4, 0.5) is 13.2 Å². The van der Waals surface area contributed by atoms with Crippen molar-refractivity contribution in [2.45, 2.75) is 25.2 Å². The Kier molecular flexibility index (Phi) is 6.86. The van der Waals surface area contributed by atoms with E-state index in [9.17, 15) is 18.0 Å². The van der Waals surface area contributed by atoms with Gasteiger partial charge in [-0.25, -0.2) is 8.78 Å². The lowest BCUT2D eigenvalue weighted by Gasteiger charge is -2.11. The van der Waals surface area contributed by atoms with Crippen LogP contribution in [0.3, 0.4) is 0 Å². The zero-order chi connectivity index (χ0) is 13.4. The largest absolute Gasteiger partial charge is 0.282 e. The van der Waals surface area contributed by atoms with Gasteiger partial charge in [0.05, 0.1) is 6.67 Å². The van der Waals surface area contributed by atoms with E-state index in [0.29, 0.717) is 5.56 Å². The predicted octanol–water partition coefficient (Wildman–Crippen LogP) is 3.99. The fourth-order valence-corrected chi connectivity index (χ4v) is 2.22. The summed E-state index contributed by atoms with van der Waals surface area (Å²) in [5.41, 5.74) is 0.540. The van der Waals surface area contributed by atoms with Gasteiger partial charge in [0, 0.05) is 17.7 Å². The lowest BCUT2D eigenvalue weighted by Crippen LogP contribution is -2.18.